The van der Waals surface area contributed by atoms with Crippen LogP contribution in [0.25, 0.3) is 27.3 Å². The summed E-state index contributed by atoms with van der Waals surface area (Å²) in [6.07, 6.45) is 0. The van der Waals surface area contributed by atoms with Crippen LogP contribution < -0.4 is 15.6 Å². The van der Waals surface area contributed by atoms with E-state index in [9.17, 15) is 4.79 Å². The van der Waals surface area contributed by atoms with Crippen molar-refractivity contribution in [2.45, 2.75) is 6.92 Å². The highest BCUT2D eigenvalue weighted by Crippen LogP contribution is 2.34. The number of aryl methyl sites for hydroxylation is 1. The van der Waals surface area contributed by atoms with E-state index >= 15 is 0 Å². The first kappa shape index (κ1) is 20.0. The van der Waals surface area contributed by atoms with Gasteiger partial charge in [-0.1, -0.05) is 47.7 Å². The molecule has 0 aliphatic carbocycles. The second-order valence-corrected chi connectivity index (χ2v) is 8.22. The zero-order chi connectivity index (χ0) is 22.1. The highest BCUT2D eigenvalue weighted by molar-refractivity contribution is 7.19. The summed E-state index contributed by atoms with van der Waals surface area (Å²) in [4.78, 5) is 24.0. The minimum Gasteiger partial charge on any atom is -0.497 e. The summed E-state index contributed by atoms with van der Waals surface area (Å²) in [6, 6.07) is 24.7. The first-order valence-electron chi connectivity index (χ1n) is 10.1. The Balaban J connectivity index is 1.72. The van der Waals surface area contributed by atoms with Crippen molar-refractivity contribution in [3.05, 3.63) is 94.9 Å². The molecule has 5 aromatic rings. The van der Waals surface area contributed by atoms with E-state index in [1.165, 1.54) is 11.3 Å². The van der Waals surface area contributed by atoms with Crippen LogP contribution >= 0.6 is 11.3 Å². The fraction of sp³-hybridized carbons (Fsp3) is 0.0800. The minimum atomic E-state index is -0.135. The number of hydrogen-bond donors (Lipinski definition) is 1. The number of nitrogens with zero attached hydrogens (tertiary/aromatic N) is 3. The normalized spacial score (nSPS) is 10.9. The van der Waals surface area contributed by atoms with Gasteiger partial charge in [-0.3, -0.25) is 9.36 Å². The van der Waals surface area contributed by atoms with E-state index < -0.39 is 0 Å². The molecular formula is C25H20N4O2S. The Morgan fingerprint density at radius 1 is 0.938 bits per heavy atom. The maximum atomic E-state index is 13.6. The number of methoxy groups -OCH3 is 1. The molecule has 2 heterocycles. The van der Waals surface area contributed by atoms with Crippen molar-refractivity contribution in [2.24, 2.45) is 0 Å². The molecule has 0 fully saturated rings. The van der Waals surface area contributed by atoms with Crippen LogP contribution in [0.4, 0.5) is 10.8 Å². The van der Waals surface area contributed by atoms with Crippen LogP contribution in [-0.4, -0.2) is 21.6 Å². The smallest absolute Gasteiger partial charge is 0.266 e. The molecule has 0 spiro atoms. The summed E-state index contributed by atoms with van der Waals surface area (Å²) >= 11 is 1.47. The van der Waals surface area contributed by atoms with E-state index in [1.54, 1.807) is 17.7 Å². The monoisotopic (exact) mass is 440 g/mol. The van der Waals surface area contributed by atoms with Crippen molar-refractivity contribution in [1.82, 2.24) is 14.5 Å². The van der Waals surface area contributed by atoms with E-state index in [-0.39, 0.29) is 5.56 Å². The Bertz CT molecular complexity index is 1470. The third kappa shape index (κ3) is 3.63. The number of benzene rings is 3. The van der Waals surface area contributed by atoms with Crippen molar-refractivity contribution in [3.63, 3.8) is 0 Å². The maximum absolute atomic E-state index is 13.6. The summed E-state index contributed by atoms with van der Waals surface area (Å²) in [5, 5.41) is 4.63. The van der Waals surface area contributed by atoms with Crippen LogP contribution in [0, 0.1) is 6.92 Å². The van der Waals surface area contributed by atoms with Gasteiger partial charge in [-0.05, 0) is 43.3 Å². The van der Waals surface area contributed by atoms with Crippen molar-refractivity contribution < 1.29 is 4.74 Å². The molecule has 1 N–H and O–H groups in total. The van der Waals surface area contributed by atoms with E-state index in [0.717, 1.165) is 21.4 Å². The Hall–Kier alpha value is -3.97. The Morgan fingerprint density at radius 2 is 1.72 bits per heavy atom. The highest BCUT2D eigenvalue weighted by Gasteiger charge is 2.19. The highest BCUT2D eigenvalue weighted by atomic mass is 32.1. The molecule has 0 saturated carbocycles. The number of hydrogen-bond acceptors (Lipinski definition) is 6. The van der Waals surface area contributed by atoms with Crippen LogP contribution in [0.3, 0.4) is 0 Å². The predicted molar refractivity (Wildman–Crippen MR) is 129 cm³/mol. The van der Waals surface area contributed by atoms with Crippen molar-refractivity contribution in [3.8, 4) is 22.1 Å². The summed E-state index contributed by atoms with van der Waals surface area (Å²) in [5.74, 6) is 1.22. The Morgan fingerprint density at radius 3 is 2.53 bits per heavy atom. The molecule has 0 unspecified atom stereocenters. The van der Waals surface area contributed by atoms with Crippen LogP contribution in [-0.2, 0) is 0 Å². The van der Waals surface area contributed by atoms with Gasteiger partial charge in [0, 0.05) is 11.8 Å². The number of anilines is 2. The van der Waals surface area contributed by atoms with Gasteiger partial charge in [0.15, 0.2) is 11.0 Å². The number of para-hydroxylation sites is 2. The van der Waals surface area contributed by atoms with Gasteiger partial charge in [0.2, 0.25) is 0 Å². The van der Waals surface area contributed by atoms with E-state index in [2.05, 4.69) is 10.3 Å². The van der Waals surface area contributed by atoms with Gasteiger partial charge >= 0.3 is 0 Å². The number of aromatic nitrogens is 3. The molecule has 0 aliphatic heterocycles. The van der Waals surface area contributed by atoms with Crippen LogP contribution in [0.5, 0.6) is 5.75 Å². The van der Waals surface area contributed by atoms with Crippen LogP contribution in [0.15, 0.2) is 83.7 Å². The standard InChI is InChI=1S/C25H20N4O2S/c1-16-22(32-25(26-16)27-17-9-4-3-5-10-17)23-28-21-14-7-6-13-20(21)24(30)29(23)18-11-8-12-19(15-18)31-2/h3-15H,1-2H3,(H,26,27). The lowest BCUT2D eigenvalue weighted by Crippen LogP contribution is -2.22. The maximum Gasteiger partial charge on any atom is 0.266 e. The molecule has 0 saturated heterocycles. The SMILES string of the molecule is COc1cccc(-n2c(-c3sc(Nc4ccccc4)nc3C)nc3ccccc3c2=O)c1. The van der Waals surface area contributed by atoms with Crippen molar-refractivity contribution in [1.29, 1.82) is 0 Å². The number of ether oxygens (including phenoxy) is 1. The molecule has 0 aliphatic rings. The lowest BCUT2D eigenvalue weighted by atomic mass is 10.2. The van der Waals surface area contributed by atoms with Gasteiger partial charge in [0.25, 0.3) is 5.56 Å². The molecule has 7 heteroatoms. The quantitative estimate of drug-likeness (QED) is 0.387. The average molecular weight is 441 g/mol. The summed E-state index contributed by atoms with van der Waals surface area (Å²) in [5.41, 5.74) is 2.95. The molecule has 0 bridgehead atoms. The summed E-state index contributed by atoms with van der Waals surface area (Å²) < 4.78 is 7.02. The molecule has 2 aromatic heterocycles. The lowest BCUT2D eigenvalue weighted by Gasteiger charge is -2.14. The lowest BCUT2D eigenvalue weighted by molar-refractivity contribution is 0.414. The minimum absolute atomic E-state index is 0.135. The van der Waals surface area contributed by atoms with E-state index in [1.807, 2.05) is 79.7 Å². The summed E-state index contributed by atoms with van der Waals surface area (Å²) in [7, 11) is 1.61. The summed E-state index contributed by atoms with van der Waals surface area (Å²) in [6.45, 7) is 1.93. The molecular weight excluding hydrogens is 420 g/mol. The second kappa shape index (κ2) is 8.28. The topological polar surface area (TPSA) is 69.0 Å². The Kier molecular flexibility index (Phi) is 5.17. The number of fused-ring (bicyclic) bond motifs is 1. The average Bonchev–Trinajstić information content (AvgIpc) is 3.19. The molecule has 6 nitrogen and oxygen atoms in total. The number of thiazole rings is 1. The van der Waals surface area contributed by atoms with Gasteiger partial charge in [0.05, 0.1) is 34.3 Å². The van der Waals surface area contributed by atoms with Gasteiger partial charge in [-0.15, -0.1) is 0 Å². The first-order chi connectivity index (χ1) is 15.6. The van der Waals surface area contributed by atoms with E-state index in [4.69, 9.17) is 9.72 Å². The van der Waals surface area contributed by atoms with Crippen LogP contribution in [0.2, 0.25) is 0 Å². The number of nitrogens with one attached hydrogen (secondary N) is 1. The zero-order valence-corrected chi connectivity index (χ0v) is 18.4. The Labute approximate surface area is 188 Å². The molecule has 5 rings (SSSR count). The van der Waals surface area contributed by atoms with E-state index in [0.29, 0.717) is 28.2 Å². The molecule has 3 aromatic carbocycles. The van der Waals surface area contributed by atoms with Crippen molar-refractivity contribution in [2.75, 3.05) is 12.4 Å². The third-order valence-electron chi connectivity index (χ3n) is 5.11. The van der Waals surface area contributed by atoms with Gasteiger partial charge in [0.1, 0.15) is 5.75 Å². The van der Waals surface area contributed by atoms with Gasteiger partial charge < -0.3 is 10.1 Å². The van der Waals surface area contributed by atoms with Gasteiger partial charge in [-0.25, -0.2) is 9.97 Å². The largest absolute Gasteiger partial charge is 0.497 e. The molecule has 0 amide bonds. The first-order valence-corrected chi connectivity index (χ1v) is 10.9. The molecule has 0 atom stereocenters. The zero-order valence-electron chi connectivity index (χ0n) is 17.6. The fourth-order valence-electron chi connectivity index (χ4n) is 3.58. The number of rotatable bonds is 5. The second-order valence-electron chi connectivity index (χ2n) is 7.22. The fourth-order valence-corrected chi connectivity index (χ4v) is 4.54. The third-order valence-corrected chi connectivity index (χ3v) is 6.18. The van der Waals surface area contributed by atoms with Gasteiger partial charge in [-0.2, -0.15) is 0 Å². The molecule has 158 valence electrons. The molecule has 32 heavy (non-hydrogen) atoms. The predicted octanol–water partition coefficient (Wildman–Crippen LogP) is 5.57. The molecule has 0 radical (unpaired) electrons. The van der Waals surface area contributed by atoms with Crippen LogP contribution in [0.1, 0.15) is 5.69 Å². The van der Waals surface area contributed by atoms with Crippen molar-refractivity contribution >= 4 is 33.1 Å².